The minimum atomic E-state index is -1.24. The number of terminal acetylenes is 1. The second-order valence-electron chi connectivity index (χ2n) is 5.90. The summed E-state index contributed by atoms with van der Waals surface area (Å²) < 4.78 is 5.00. The molecule has 0 aromatic rings. The van der Waals surface area contributed by atoms with Gasteiger partial charge in [-0.3, -0.25) is 4.79 Å². The molecule has 1 saturated heterocycles. The van der Waals surface area contributed by atoms with Crippen molar-refractivity contribution < 1.29 is 24.2 Å². The van der Waals surface area contributed by atoms with Crippen LogP contribution >= 0.6 is 0 Å². The van der Waals surface area contributed by atoms with Crippen molar-refractivity contribution in [3.8, 4) is 12.3 Å². The third-order valence-corrected chi connectivity index (χ3v) is 2.84. The van der Waals surface area contributed by atoms with Crippen molar-refractivity contribution >= 4 is 18.0 Å². The molecule has 0 aromatic carbocycles. The van der Waals surface area contributed by atoms with Crippen LogP contribution in [0.1, 0.15) is 27.2 Å². The number of nitrogens with zero attached hydrogens (tertiary/aromatic N) is 1. The van der Waals surface area contributed by atoms with Gasteiger partial charge in [0.2, 0.25) is 5.91 Å². The molecule has 2 amide bonds. The van der Waals surface area contributed by atoms with E-state index >= 15 is 0 Å². The molecule has 1 fully saturated rings. The van der Waals surface area contributed by atoms with Gasteiger partial charge in [0.25, 0.3) is 0 Å². The van der Waals surface area contributed by atoms with Crippen LogP contribution in [0.5, 0.6) is 0 Å². The summed E-state index contributed by atoms with van der Waals surface area (Å²) in [6.45, 7) is 5.18. The Labute approximate surface area is 123 Å². The summed E-state index contributed by atoms with van der Waals surface area (Å²) in [4.78, 5) is 35.9. The Morgan fingerprint density at radius 3 is 2.62 bits per heavy atom. The van der Waals surface area contributed by atoms with E-state index in [9.17, 15) is 14.4 Å². The van der Waals surface area contributed by atoms with E-state index in [0.29, 0.717) is 6.54 Å². The van der Waals surface area contributed by atoms with E-state index in [1.54, 1.807) is 20.8 Å². The number of likely N-dealkylation sites (tertiary alicyclic amines) is 1. The number of hydrogen-bond acceptors (Lipinski definition) is 4. The lowest BCUT2D eigenvalue weighted by molar-refractivity contribution is -0.140. The molecule has 2 unspecified atom stereocenters. The van der Waals surface area contributed by atoms with Crippen molar-refractivity contribution in [2.24, 2.45) is 5.92 Å². The molecule has 0 aromatic heterocycles. The normalized spacial score (nSPS) is 19.8. The highest BCUT2D eigenvalue weighted by molar-refractivity contribution is 5.83. The Morgan fingerprint density at radius 2 is 2.19 bits per heavy atom. The Morgan fingerprint density at radius 1 is 1.57 bits per heavy atom. The number of amides is 2. The first-order valence-electron chi connectivity index (χ1n) is 6.58. The molecular weight excluding hydrogens is 276 g/mol. The molecule has 116 valence electrons. The highest BCUT2D eigenvalue weighted by Crippen LogP contribution is 2.17. The van der Waals surface area contributed by atoms with E-state index in [2.05, 4.69) is 11.2 Å². The molecule has 0 radical (unpaired) electrons. The SMILES string of the molecule is C#CC1CC(=O)N(CC(NC(=O)OC(C)(C)C)C(=O)O)C1. The summed E-state index contributed by atoms with van der Waals surface area (Å²) in [7, 11) is 0. The molecule has 21 heavy (non-hydrogen) atoms. The first-order valence-corrected chi connectivity index (χ1v) is 6.58. The quantitative estimate of drug-likeness (QED) is 0.734. The van der Waals surface area contributed by atoms with Crippen molar-refractivity contribution in [2.45, 2.75) is 38.8 Å². The molecule has 0 bridgehead atoms. The van der Waals surface area contributed by atoms with Gasteiger partial charge in [-0.1, -0.05) is 0 Å². The van der Waals surface area contributed by atoms with Gasteiger partial charge in [-0.25, -0.2) is 9.59 Å². The average Bonchev–Trinajstić information content (AvgIpc) is 2.66. The predicted octanol–water partition coefficient (Wildman–Crippen LogP) is 0.446. The van der Waals surface area contributed by atoms with Gasteiger partial charge in [0, 0.05) is 18.9 Å². The molecule has 7 nitrogen and oxygen atoms in total. The van der Waals surface area contributed by atoms with Gasteiger partial charge in [-0.05, 0) is 20.8 Å². The predicted molar refractivity (Wildman–Crippen MR) is 74.3 cm³/mol. The molecule has 7 heteroatoms. The summed E-state index contributed by atoms with van der Waals surface area (Å²) in [6.07, 6.45) is 4.63. The number of hydrogen-bond donors (Lipinski definition) is 2. The zero-order chi connectivity index (χ0) is 16.2. The fourth-order valence-corrected chi connectivity index (χ4v) is 1.92. The number of carbonyl (C=O) groups excluding carboxylic acids is 2. The first-order chi connectivity index (χ1) is 9.62. The van der Waals surface area contributed by atoms with Crippen LogP contribution in [0, 0.1) is 18.3 Å². The third-order valence-electron chi connectivity index (χ3n) is 2.84. The maximum absolute atomic E-state index is 11.7. The number of ether oxygens (including phenoxy) is 1. The molecule has 1 rings (SSSR count). The smallest absolute Gasteiger partial charge is 0.408 e. The largest absolute Gasteiger partial charge is 0.480 e. The topological polar surface area (TPSA) is 95.9 Å². The number of rotatable bonds is 4. The van der Waals surface area contributed by atoms with Gasteiger partial charge in [0.1, 0.15) is 11.6 Å². The lowest BCUT2D eigenvalue weighted by Crippen LogP contribution is -2.50. The van der Waals surface area contributed by atoms with Crippen LogP contribution in [-0.2, 0) is 14.3 Å². The minimum Gasteiger partial charge on any atom is -0.480 e. The van der Waals surface area contributed by atoms with Crippen LogP contribution < -0.4 is 5.32 Å². The maximum atomic E-state index is 11.7. The fourth-order valence-electron chi connectivity index (χ4n) is 1.92. The summed E-state index contributed by atoms with van der Waals surface area (Å²) >= 11 is 0. The lowest BCUT2D eigenvalue weighted by atomic mass is 10.1. The first kappa shape index (κ1) is 16.8. The number of carbonyl (C=O) groups is 3. The lowest BCUT2D eigenvalue weighted by Gasteiger charge is -2.24. The van der Waals surface area contributed by atoms with Crippen molar-refractivity contribution in [2.75, 3.05) is 13.1 Å². The summed E-state index contributed by atoms with van der Waals surface area (Å²) in [5.41, 5.74) is -0.731. The molecule has 0 aliphatic carbocycles. The minimum absolute atomic E-state index is 0.133. The van der Waals surface area contributed by atoms with Crippen molar-refractivity contribution in [1.29, 1.82) is 0 Å². The fraction of sp³-hybridized carbons (Fsp3) is 0.643. The van der Waals surface area contributed by atoms with Crippen LogP contribution in [0.3, 0.4) is 0 Å². The summed E-state index contributed by atoms with van der Waals surface area (Å²) in [6, 6.07) is -1.24. The van der Waals surface area contributed by atoms with Crippen LogP contribution in [0.25, 0.3) is 0 Å². The standard InChI is InChI=1S/C14H20N2O5/c1-5-9-6-11(17)16(7-9)8-10(12(18)19)15-13(20)21-14(2,3)4/h1,9-10H,6-8H2,2-4H3,(H,15,20)(H,18,19). The van der Waals surface area contributed by atoms with Crippen LogP contribution in [-0.4, -0.2) is 52.7 Å². The number of carboxylic acid groups (broad SMARTS) is 1. The average molecular weight is 296 g/mol. The third kappa shape index (κ3) is 5.34. The Bertz CT molecular complexity index is 475. The molecule has 0 spiro atoms. The summed E-state index contributed by atoms with van der Waals surface area (Å²) in [5.74, 6) is 0.811. The van der Waals surface area contributed by atoms with Gasteiger partial charge in [0.05, 0.1) is 6.54 Å². The second-order valence-corrected chi connectivity index (χ2v) is 5.90. The van der Waals surface area contributed by atoms with E-state index in [0.717, 1.165) is 0 Å². The van der Waals surface area contributed by atoms with Gasteiger partial charge in [-0.15, -0.1) is 12.3 Å². The van der Waals surface area contributed by atoms with E-state index in [4.69, 9.17) is 16.3 Å². The maximum Gasteiger partial charge on any atom is 0.408 e. The number of alkyl carbamates (subject to hydrolysis) is 1. The van der Waals surface area contributed by atoms with E-state index < -0.39 is 23.7 Å². The monoisotopic (exact) mass is 296 g/mol. The van der Waals surface area contributed by atoms with Gasteiger partial charge in [0.15, 0.2) is 0 Å². The van der Waals surface area contributed by atoms with Crippen LogP contribution in [0.15, 0.2) is 0 Å². The molecular formula is C14H20N2O5. The molecule has 1 aliphatic rings. The van der Waals surface area contributed by atoms with Gasteiger partial charge in [-0.2, -0.15) is 0 Å². The highest BCUT2D eigenvalue weighted by atomic mass is 16.6. The van der Waals surface area contributed by atoms with Gasteiger partial charge >= 0.3 is 12.1 Å². The van der Waals surface area contributed by atoms with Crippen LogP contribution in [0.2, 0.25) is 0 Å². The second kappa shape index (κ2) is 6.48. The number of aliphatic carboxylic acids is 1. The highest BCUT2D eigenvalue weighted by Gasteiger charge is 2.33. The number of carboxylic acids is 1. The molecule has 1 heterocycles. The van der Waals surface area contributed by atoms with E-state index in [1.165, 1.54) is 4.90 Å². The molecule has 0 saturated carbocycles. The van der Waals surface area contributed by atoms with Crippen molar-refractivity contribution in [3.63, 3.8) is 0 Å². The van der Waals surface area contributed by atoms with E-state index in [1.807, 2.05) is 0 Å². The van der Waals surface area contributed by atoms with Gasteiger partial charge < -0.3 is 20.1 Å². The van der Waals surface area contributed by atoms with Crippen molar-refractivity contribution in [1.82, 2.24) is 10.2 Å². The molecule has 1 aliphatic heterocycles. The Kier molecular flexibility index (Phi) is 5.19. The van der Waals surface area contributed by atoms with Crippen molar-refractivity contribution in [3.05, 3.63) is 0 Å². The zero-order valence-electron chi connectivity index (χ0n) is 12.4. The number of nitrogens with one attached hydrogen (secondary N) is 1. The molecule has 2 N–H and O–H groups in total. The zero-order valence-corrected chi connectivity index (χ0v) is 12.4. The van der Waals surface area contributed by atoms with E-state index in [-0.39, 0.29) is 24.8 Å². The molecule has 2 atom stereocenters. The van der Waals surface area contributed by atoms with Crippen LogP contribution in [0.4, 0.5) is 4.79 Å². The Balaban J connectivity index is 2.63. The summed E-state index contributed by atoms with van der Waals surface area (Å²) in [5, 5.41) is 11.4. The Hall–Kier alpha value is -2.23.